The van der Waals surface area contributed by atoms with Gasteiger partial charge in [0.15, 0.2) is 0 Å². The highest BCUT2D eigenvalue weighted by molar-refractivity contribution is 5.97. The van der Waals surface area contributed by atoms with E-state index in [0.29, 0.717) is 42.2 Å². The van der Waals surface area contributed by atoms with Crippen molar-refractivity contribution >= 4 is 5.91 Å². The predicted octanol–water partition coefficient (Wildman–Crippen LogP) is 3.13. The Bertz CT molecular complexity index is 710. The normalized spacial score (nSPS) is 25.3. The Hall–Kier alpha value is -2.27. The maximum absolute atomic E-state index is 12.9. The summed E-state index contributed by atoms with van der Waals surface area (Å²) >= 11 is 0. The molecule has 0 aromatic carbocycles. The van der Waals surface area contributed by atoms with Crippen molar-refractivity contribution in [3.05, 3.63) is 59.1 Å². The summed E-state index contributed by atoms with van der Waals surface area (Å²) in [6, 6.07) is 0. The molecule has 2 unspecified atom stereocenters. The molecule has 0 bridgehead atoms. The first kappa shape index (κ1) is 18.5. The third-order valence-electron chi connectivity index (χ3n) is 5.04. The number of rotatable bonds is 7. The van der Waals surface area contributed by atoms with E-state index >= 15 is 0 Å². The second-order valence-corrected chi connectivity index (χ2v) is 6.80. The van der Waals surface area contributed by atoms with Gasteiger partial charge < -0.3 is 19.1 Å². The Labute approximate surface area is 155 Å². The minimum absolute atomic E-state index is 0.105. The minimum Gasteiger partial charge on any atom is -0.497 e. The molecule has 1 saturated heterocycles. The largest absolute Gasteiger partial charge is 0.497 e. The second kappa shape index (κ2) is 7.96. The molecule has 1 amide bonds. The van der Waals surface area contributed by atoms with E-state index in [0.717, 1.165) is 19.4 Å². The van der Waals surface area contributed by atoms with Gasteiger partial charge in [-0.1, -0.05) is 25.7 Å². The minimum atomic E-state index is -0.105. The first-order valence-electron chi connectivity index (χ1n) is 9.06. The van der Waals surface area contributed by atoms with Gasteiger partial charge in [-0.25, -0.2) is 0 Å². The molecule has 0 spiro atoms. The number of methoxy groups -OCH3 is 2. The zero-order chi connectivity index (χ0) is 18.7. The molecule has 0 N–H and O–H groups in total. The van der Waals surface area contributed by atoms with Crippen molar-refractivity contribution in [2.45, 2.75) is 25.9 Å². The second-order valence-electron chi connectivity index (χ2n) is 6.80. The molecule has 2 heterocycles. The van der Waals surface area contributed by atoms with Gasteiger partial charge in [0.25, 0.3) is 5.91 Å². The van der Waals surface area contributed by atoms with Gasteiger partial charge in [-0.15, -0.1) is 0 Å². The topological polar surface area (TPSA) is 51.3 Å². The number of epoxide rings is 1. The Kier molecular flexibility index (Phi) is 5.67. The SMILES string of the molecule is C=C(C(=O)N1CC2=C(CC(C3CO3)C=C2)C1)C(=CC(=CCC)OC)OC. The third kappa shape index (κ3) is 3.93. The molecular weight excluding hydrogens is 330 g/mol. The van der Waals surface area contributed by atoms with Crippen LogP contribution in [0.15, 0.2) is 59.1 Å². The van der Waals surface area contributed by atoms with Crippen LogP contribution in [0, 0.1) is 5.92 Å². The molecule has 26 heavy (non-hydrogen) atoms. The van der Waals surface area contributed by atoms with Crippen LogP contribution in [-0.4, -0.2) is 50.8 Å². The van der Waals surface area contributed by atoms with Crippen LogP contribution >= 0.6 is 0 Å². The van der Waals surface area contributed by atoms with E-state index in [1.54, 1.807) is 20.3 Å². The summed E-state index contributed by atoms with van der Waals surface area (Å²) < 4.78 is 16.1. The zero-order valence-corrected chi connectivity index (χ0v) is 15.8. The fourth-order valence-electron chi connectivity index (χ4n) is 3.46. The number of hydrogen-bond acceptors (Lipinski definition) is 4. The summed E-state index contributed by atoms with van der Waals surface area (Å²) in [5, 5.41) is 0. The number of carbonyl (C=O) groups is 1. The summed E-state index contributed by atoms with van der Waals surface area (Å²) in [5.74, 6) is 1.44. The lowest BCUT2D eigenvalue weighted by atomic mass is 9.89. The molecule has 0 aromatic heterocycles. The number of ether oxygens (including phenoxy) is 3. The molecule has 3 aliphatic rings. The van der Waals surface area contributed by atoms with Crippen molar-refractivity contribution in [3.63, 3.8) is 0 Å². The highest BCUT2D eigenvalue weighted by Gasteiger charge is 2.36. The molecule has 0 radical (unpaired) electrons. The fourth-order valence-corrected chi connectivity index (χ4v) is 3.46. The van der Waals surface area contributed by atoms with Crippen LogP contribution in [0.1, 0.15) is 19.8 Å². The molecule has 5 heteroatoms. The quantitative estimate of drug-likeness (QED) is 0.304. The van der Waals surface area contributed by atoms with Crippen molar-refractivity contribution in [2.75, 3.05) is 33.9 Å². The monoisotopic (exact) mass is 357 g/mol. The van der Waals surface area contributed by atoms with E-state index in [1.165, 1.54) is 11.1 Å². The summed E-state index contributed by atoms with van der Waals surface area (Å²) in [6.45, 7) is 8.12. The van der Waals surface area contributed by atoms with Crippen molar-refractivity contribution in [1.29, 1.82) is 0 Å². The lowest BCUT2D eigenvalue weighted by Crippen LogP contribution is -2.31. The molecule has 3 rings (SSSR count). The molecule has 2 aliphatic heterocycles. The Morgan fingerprint density at radius 3 is 2.77 bits per heavy atom. The molecule has 1 fully saturated rings. The average Bonchev–Trinajstić information content (AvgIpc) is 3.42. The van der Waals surface area contributed by atoms with E-state index < -0.39 is 0 Å². The van der Waals surface area contributed by atoms with Crippen LogP contribution < -0.4 is 0 Å². The van der Waals surface area contributed by atoms with Gasteiger partial charge >= 0.3 is 0 Å². The molecule has 1 aliphatic carbocycles. The maximum atomic E-state index is 12.9. The number of amides is 1. The number of nitrogens with zero attached hydrogens (tertiary/aromatic N) is 1. The van der Waals surface area contributed by atoms with Gasteiger partial charge in [0.1, 0.15) is 11.5 Å². The Balaban J connectivity index is 1.66. The lowest BCUT2D eigenvalue weighted by Gasteiger charge is -2.19. The standard InChI is InChI=1S/C21H27NO4/c1-5-6-18(24-3)10-19(25-4)14(2)21(23)22-11-16-8-7-15(20-13-26-20)9-17(16)12-22/h6-8,10,15,20H,2,5,9,11-13H2,1,3-4H3. The summed E-state index contributed by atoms with van der Waals surface area (Å²) in [5.41, 5.74) is 2.92. The Morgan fingerprint density at radius 1 is 1.38 bits per heavy atom. The number of allylic oxidation sites excluding steroid dienone is 2. The van der Waals surface area contributed by atoms with Crippen LogP contribution in [0.5, 0.6) is 0 Å². The van der Waals surface area contributed by atoms with E-state index in [1.807, 2.05) is 17.9 Å². The van der Waals surface area contributed by atoms with Gasteiger partial charge in [0.05, 0.1) is 32.5 Å². The van der Waals surface area contributed by atoms with Gasteiger partial charge in [0.2, 0.25) is 0 Å². The van der Waals surface area contributed by atoms with Gasteiger partial charge in [0, 0.05) is 25.1 Å². The van der Waals surface area contributed by atoms with Gasteiger partial charge in [-0.2, -0.15) is 0 Å². The van der Waals surface area contributed by atoms with Crippen molar-refractivity contribution < 1.29 is 19.0 Å². The zero-order valence-electron chi connectivity index (χ0n) is 15.8. The van der Waals surface area contributed by atoms with E-state index in [9.17, 15) is 4.79 Å². The summed E-state index contributed by atoms with van der Waals surface area (Å²) in [6.07, 6.45) is 10.2. The fraction of sp³-hybridized carbons (Fsp3) is 0.476. The van der Waals surface area contributed by atoms with Crippen molar-refractivity contribution in [1.82, 2.24) is 4.90 Å². The van der Waals surface area contributed by atoms with E-state index in [2.05, 4.69) is 18.7 Å². The molecular formula is C21H27NO4. The summed E-state index contributed by atoms with van der Waals surface area (Å²) in [4.78, 5) is 14.7. The van der Waals surface area contributed by atoms with Crippen LogP contribution in [0.25, 0.3) is 0 Å². The first-order chi connectivity index (χ1) is 12.6. The van der Waals surface area contributed by atoms with Crippen LogP contribution in [0.3, 0.4) is 0 Å². The van der Waals surface area contributed by atoms with Gasteiger partial charge in [-0.3, -0.25) is 4.79 Å². The Morgan fingerprint density at radius 2 is 2.15 bits per heavy atom. The third-order valence-corrected chi connectivity index (χ3v) is 5.04. The van der Waals surface area contributed by atoms with Crippen LogP contribution in [0.4, 0.5) is 0 Å². The van der Waals surface area contributed by atoms with Crippen molar-refractivity contribution in [3.8, 4) is 0 Å². The highest BCUT2D eigenvalue weighted by atomic mass is 16.6. The number of carbonyl (C=O) groups excluding carboxylic acids is 1. The predicted molar refractivity (Wildman–Crippen MR) is 100 cm³/mol. The average molecular weight is 357 g/mol. The summed E-state index contributed by atoms with van der Waals surface area (Å²) in [7, 11) is 3.14. The molecule has 140 valence electrons. The van der Waals surface area contributed by atoms with Crippen LogP contribution in [0.2, 0.25) is 0 Å². The van der Waals surface area contributed by atoms with E-state index in [4.69, 9.17) is 14.2 Å². The van der Waals surface area contributed by atoms with Gasteiger partial charge in [-0.05, 0) is 30.1 Å². The number of hydrogen-bond donors (Lipinski definition) is 0. The first-order valence-corrected chi connectivity index (χ1v) is 9.06. The molecule has 0 saturated carbocycles. The highest BCUT2D eigenvalue weighted by Crippen LogP contribution is 2.36. The molecule has 2 atom stereocenters. The van der Waals surface area contributed by atoms with Crippen molar-refractivity contribution in [2.24, 2.45) is 5.92 Å². The molecule has 5 nitrogen and oxygen atoms in total. The molecule has 0 aromatic rings. The lowest BCUT2D eigenvalue weighted by molar-refractivity contribution is -0.126. The van der Waals surface area contributed by atoms with E-state index in [-0.39, 0.29) is 5.91 Å². The maximum Gasteiger partial charge on any atom is 0.257 e. The smallest absolute Gasteiger partial charge is 0.257 e. The van der Waals surface area contributed by atoms with Crippen LogP contribution in [-0.2, 0) is 19.0 Å².